The highest BCUT2D eigenvalue weighted by Gasteiger charge is 2.29. The Balaban J connectivity index is 1.57. The van der Waals surface area contributed by atoms with Gasteiger partial charge in [-0.1, -0.05) is 18.2 Å². The predicted octanol–water partition coefficient (Wildman–Crippen LogP) is 3.72. The van der Waals surface area contributed by atoms with Gasteiger partial charge in [0.1, 0.15) is 11.5 Å². The molecule has 1 aromatic heterocycles. The third-order valence-electron chi connectivity index (χ3n) is 4.95. The lowest BCUT2D eigenvalue weighted by Gasteiger charge is -2.26. The summed E-state index contributed by atoms with van der Waals surface area (Å²) < 4.78 is 48.0. The van der Waals surface area contributed by atoms with Crippen LogP contribution in [-0.2, 0) is 6.54 Å². The third kappa shape index (κ3) is 6.41. The summed E-state index contributed by atoms with van der Waals surface area (Å²) in [6.07, 6.45) is -0.379. The van der Waals surface area contributed by atoms with Gasteiger partial charge in [-0.25, -0.2) is 0 Å². The summed E-state index contributed by atoms with van der Waals surface area (Å²) in [5, 5.41) is 6.44. The summed E-state index contributed by atoms with van der Waals surface area (Å²) in [6, 6.07) is 10.6. The number of aliphatic imine (C=N–C) groups is 1. The van der Waals surface area contributed by atoms with Crippen LogP contribution in [0.1, 0.15) is 30.2 Å². The minimum absolute atomic E-state index is 0.0865. The standard InChI is InChI=1S/C21H27F3N4O2/c1-25-20(26-13-16-7-2-3-8-18(16)30-15-21(22,23)24)27-14-17(19-9-6-12-29-19)28-10-4-5-11-28/h2-3,6-9,12,17H,4-5,10-11,13-15H2,1H3,(H2,25,26,27). The maximum absolute atomic E-state index is 12.5. The van der Waals surface area contributed by atoms with Gasteiger partial charge in [0.05, 0.1) is 12.3 Å². The highest BCUT2D eigenvalue weighted by molar-refractivity contribution is 5.79. The number of nitrogens with one attached hydrogen (secondary N) is 2. The topological polar surface area (TPSA) is 62.0 Å². The number of guanidine groups is 1. The van der Waals surface area contributed by atoms with Gasteiger partial charge in [0, 0.05) is 25.7 Å². The Morgan fingerprint density at radius 3 is 2.60 bits per heavy atom. The number of nitrogens with zero attached hydrogens (tertiary/aromatic N) is 2. The molecule has 164 valence electrons. The monoisotopic (exact) mass is 424 g/mol. The summed E-state index contributed by atoms with van der Waals surface area (Å²) in [5.74, 6) is 1.64. The second-order valence-electron chi connectivity index (χ2n) is 7.09. The van der Waals surface area contributed by atoms with Gasteiger partial charge in [0.25, 0.3) is 0 Å². The van der Waals surface area contributed by atoms with Gasteiger partial charge in [0.15, 0.2) is 12.6 Å². The van der Waals surface area contributed by atoms with Gasteiger partial charge in [-0.15, -0.1) is 0 Å². The summed E-state index contributed by atoms with van der Waals surface area (Å²) >= 11 is 0. The van der Waals surface area contributed by atoms with Crippen LogP contribution in [0.5, 0.6) is 5.75 Å². The zero-order valence-electron chi connectivity index (χ0n) is 16.9. The first-order chi connectivity index (χ1) is 14.5. The lowest BCUT2D eigenvalue weighted by Crippen LogP contribution is -2.42. The molecule has 3 rings (SSSR count). The van der Waals surface area contributed by atoms with Crippen LogP contribution in [0.25, 0.3) is 0 Å². The number of likely N-dealkylation sites (tertiary alicyclic amines) is 1. The van der Waals surface area contributed by atoms with Crippen LogP contribution in [0.15, 0.2) is 52.1 Å². The van der Waals surface area contributed by atoms with Crippen LogP contribution in [0.3, 0.4) is 0 Å². The maximum Gasteiger partial charge on any atom is 0.422 e. The van der Waals surface area contributed by atoms with Crippen molar-refractivity contribution in [3.63, 3.8) is 0 Å². The molecule has 0 saturated carbocycles. The van der Waals surface area contributed by atoms with E-state index < -0.39 is 12.8 Å². The van der Waals surface area contributed by atoms with E-state index in [9.17, 15) is 13.2 Å². The number of halogens is 3. The Bertz CT molecular complexity index is 803. The Labute approximate surface area is 174 Å². The van der Waals surface area contributed by atoms with Crippen LogP contribution < -0.4 is 15.4 Å². The average molecular weight is 424 g/mol. The fraction of sp³-hybridized carbons (Fsp3) is 0.476. The molecule has 2 N–H and O–H groups in total. The Kier molecular flexibility index (Phi) is 7.62. The van der Waals surface area contributed by atoms with E-state index in [-0.39, 0.29) is 18.3 Å². The first kappa shape index (κ1) is 22.0. The first-order valence-electron chi connectivity index (χ1n) is 9.95. The van der Waals surface area contributed by atoms with Gasteiger partial charge < -0.3 is 19.8 Å². The lowest BCUT2D eigenvalue weighted by atomic mass is 10.2. The minimum Gasteiger partial charge on any atom is -0.484 e. The minimum atomic E-state index is -4.38. The SMILES string of the molecule is CN=C(NCc1ccccc1OCC(F)(F)F)NCC(c1ccco1)N1CCCC1. The van der Waals surface area contributed by atoms with E-state index >= 15 is 0 Å². The molecular weight excluding hydrogens is 397 g/mol. The van der Waals surface area contributed by atoms with Gasteiger partial charge >= 0.3 is 6.18 Å². The molecule has 2 aromatic rings. The van der Waals surface area contributed by atoms with Crippen molar-refractivity contribution in [2.45, 2.75) is 31.6 Å². The van der Waals surface area contributed by atoms with Gasteiger partial charge in [-0.2, -0.15) is 13.2 Å². The number of alkyl halides is 3. The first-order valence-corrected chi connectivity index (χ1v) is 9.95. The normalized spacial score (nSPS) is 16.5. The predicted molar refractivity (Wildman–Crippen MR) is 108 cm³/mol. The number of benzene rings is 1. The molecule has 1 unspecified atom stereocenters. The average Bonchev–Trinajstić information content (AvgIpc) is 3.44. The zero-order chi connectivity index (χ0) is 21.4. The molecule has 1 atom stereocenters. The summed E-state index contributed by atoms with van der Waals surface area (Å²) in [7, 11) is 1.65. The number of hydrogen-bond acceptors (Lipinski definition) is 4. The van der Waals surface area contributed by atoms with Crippen molar-refractivity contribution in [1.29, 1.82) is 0 Å². The molecule has 1 aromatic carbocycles. The van der Waals surface area contributed by atoms with Crippen molar-refractivity contribution in [1.82, 2.24) is 15.5 Å². The second kappa shape index (κ2) is 10.4. The largest absolute Gasteiger partial charge is 0.484 e. The molecule has 1 fully saturated rings. The molecule has 9 heteroatoms. The molecule has 1 aliphatic rings. The van der Waals surface area contributed by atoms with E-state index in [1.54, 1.807) is 31.5 Å². The molecule has 0 amide bonds. The number of para-hydroxylation sites is 1. The van der Waals surface area contributed by atoms with E-state index in [4.69, 9.17) is 9.15 Å². The van der Waals surface area contributed by atoms with Crippen molar-refractivity contribution in [2.24, 2.45) is 4.99 Å². The summed E-state index contributed by atoms with van der Waals surface area (Å²) in [5.41, 5.74) is 0.617. The third-order valence-corrected chi connectivity index (χ3v) is 4.95. The van der Waals surface area contributed by atoms with Crippen molar-refractivity contribution >= 4 is 5.96 Å². The van der Waals surface area contributed by atoms with Crippen LogP contribution in [0.2, 0.25) is 0 Å². The number of rotatable bonds is 8. The van der Waals surface area contributed by atoms with E-state index in [1.807, 2.05) is 12.1 Å². The van der Waals surface area contributed by atoms with Crippen LogP contribution in [0, 0.1) is 0 Å². The van der Waals surface area contributed by atoms with E-state index in [1.165, 1.54) is 18.9 Å². The van der Waals surface area contributed by atoms with Gasteiger partial charge in [-0.3, -0.25) is 9.89 Å². The lowest BCUT2D eigenvalue weighted by molar-refractivity contribution is -0.153. The van der Waals surface area contributed by atoms with E-state index in [0.29, 0.717) is 18.1 Å². The number of furan rings is 1. The van der Waals surface area contributed by atoms with Crippen LogP contribution in [-0.4, -0.2) is 50.3 Å². The van der Waals surface area contributed by atoms with Crippen molar-refractivity contribution in [2.75, 3.05) is 33.3 Å². The molecule has 2 heterocycles. The molecule has 30 heavy (non-hydrogen) atoms. The fourth-order valence-corrected chi connectivity index (χ4v) is 3.49. The van der Waals surface area contributed by atoms with Crippen molar-refractivity contribution in [3.05, 3.63) is 54.0 Å². The van der Waals surface area contributed by atoms with Crippen LogP contribution >= 0.6 is 0 Å². The Morgan fingerprint density at radius 2 is 1.93 bits per heavy atom. The number of hydrogen-bond donors (Lipinski definition) is 2. The quantitative estimate of drug-likeness (QED) is 0.500. The molecule has 0 radical (unpaired) electrons. The molecular formula is C21H27F3N4O2. The van der Waals surface area contributed by atoms with Gasteiger partial charge in [0.2, 0.25) is 0 Å². The molecule has 1 saturated heterocycles. The summed E-state index contributed by atoms with van der Waals surface area (Å²) in [4.78, 5) is 6.60. The van der Waals surface area contributed by atoms with E-state index in [2.05, 4.69) is 20.5 Å². The van der Waals surface area contributed by atoms with Crippen LogP contribution in [0.4, 0.5) is 13.2 Å². The molecule has 0 bridgehead atoms. The van der Waals surface area contributed by atoms with Crippen molar-refractivity contribution < 1.29 is 22.3 Å². The van der Waals surface area contributed by atoms with Gasteiger partial charge in [-0.05, 0) is 44.1 Å². The highest BCUT2D eigenvalue weighted by atomic mass is 19.4. The number of ether oxygens (including phenoxy) is 1. The van der Waals surface area contributed by atoms with Crippen molar-refractivity contribution in [3.8, 4) is 5.75 Å². The summed E-state index contributed by atoms with van der Waals surface area (Å²) in [6.45, 7) is 1.59. The van der Waals surface area contributed by atoms with E-state index in [0.717, 1.165) is 18.8 Å². The second-order valence-corrected chi connectivity index (χ2v) is 7.09. The Hall–Kier alpha value is -2.68. The molecule has 6 nitrogen and oxygen atoms in total. The highest BCUT2D eigenvalue weighted by Crippen LogP contribution is 2.25. The Morgan fingerprint density at radius 1 is 1.17 bits per heavy atom. The molecule has 0 spiro atoms. The maximum atomic E-state index is 12.5. The smallest absolute Gasteiger partial charge is 0.422 e. The fourth-order valence-electron chi connectivity index (χ4n) is 3.49. The molecule has 1 aliphatic heterocycles. The molecule has 0 aliphatic carbocycles. The zero-order valence-corrected chi connectivity index (χ0v) is 16.9.